The molecule has 0 spiro atoms. The Morgan fingerprint density at radius 2 is 1.85 bits per heavy atom. The number of rotatable bonds is 2. The largest absolute Gasteiger partial charge is 0.506 e. The summed E-state index contributed by atoms with van der Waals surface area (Å²) in [6, 6.07) is 1.48. The highest BCUT2D eigenvalue weighted by Gasteiger charge is 2.12. The Kier molecular flexibility index (Phi) is 3.48. The predicted molar refractivity (Wildman–Crippen MR) is 57.0 cm³/mol. The van der Waals surface area contributed by atoms with Crippen molar-refractivity contribution in [2.45, 2.75) is 6.42 Å². The number of aromatic hydroxyl groups is 1. The van der Waals surface area contributed by atoms with Gasteiger partial charge in [-0.25, -0.2) is 0 Å². The van der Waals surface area contributed by atoms with E-state index in [1.165, 1.54) is 6.07 Å². The Morgan fingerprint density at radius 3 is 2.38 bits per heavy atom. The van der Waals surface area contributed by atoms with Crippen LogP contribution < -0.4 is 0 Å². The second-order valence-electron chi connectivity index (χ2n) is 2.49. The van der Waals surface area contributed by atoms with E-state index in [-0.39, 0.29) is 15.8 Å². The zero-order chi connectivity index (χ0) is 10.0. The molecule has 0 bridgehead atoms. The summed E-state index contributed by atoms with van der Waals surface area (Å²) in [5.74, 6) is -0.0621. The summed E-state index contributed by atoms with van der Waals surface area (Å²) in [4.78, 5) is 0. The van der Waals surface area contributed by atoms with Gasteiger partial charge in [0.05, 0.1) is 10.0 Å². The Labute approximate surface area is 91.5 Å². The second-order valence-corrected chi connectivity index (χ2v) is 3.62. The molecule has 1 aromatic rings. The van der Waals surface area contributed by atoms with Crippen LogP contribution in [0.5, 0.6) is 5.75 Å². The molecule has 0 atom stereocenters. The first-order valence-corrected chi connectivity index (χ1v) is 4.67. The summed E-state index contributed by atoms with van der Waals surface area (Å²) >= 11 is 17.3. The predicted octanol–water partition coefficient (Wildman–Crippen LogP) is 4.08. The van der Waals surface area contributed by atoms with Crippen LogP contribution in [0.2, 0.25) is 15.1 Å². The Balaban J connectivity index is 3.31. The average Bonchev–Trinajstić information content (AvgIpc) is 2.11. The molecular formula is C9H7Cl3O. The van der Waals surface area contributed by atoms with Crippen LogP contribution in [0, 0.1) is 0 Å². The van der Waals surface area contributed by atoms with Gasteiger partial charge in [0.1, 0.15) is 10.8 Å². The first kappa shape index (κ1) is 10.7. The molecule has 13 heavy (non-hydrogen) atoms. The van der Waals surface area contributed by atoms with Crippen molar-refractivity contribution in [1.29, 1.82) is 0 Å². The monoisotopic (exact) mass is 236 g/mol. The van der Waals surface area contributed by atoms with Gasteiger partial charge in [-0.15, -0.1) is 6.58 Å². The van der Waals surface area contributed by atoms with Crippen molar-refractivity contribution < 1.29 is 5.11 Å². The van der Waals surface area contributed by atoms with Crippen molar-refractivity contribution in [2.75, 3.05) is 0 Å². The topological polar surface area (TPSA) is 20.2 Å². The lowest BCUT2D eigenvalue weighted by Gasteiger charge is -2.06. The first-order chi connectivity index (χ1) is 6.07. The minimum absolute atomic E-state index is 0.0621. The maximum absolute atomic E-state index is 9.32. The summed E-state index contributed by atoms with van der Waals surface area (Å²) in [5, 5.41) is 9.95. The van der Waals surface area contributed by atoms with Crippen molar-refractivity contribution in [3.05, 3.63) is 39.4 Å². The van der Waals surface area contributed by atoms with E-state index in [9.17, 15) is 5.11 Å². The van der Waals surface area contributed by atoms with Crippen LogP contribution in [0.25, 0.3) is 0 Å². The molecule has 4 heteroatoms. The van der Waals surface area contributed by atoms with Gasteiger partial charge in [0.15, 0.2) is 0 Å². The maximum atomic E-state index is 9.32. The van der Waals surface area contributed by atoms with E-state index in [0.29, 0.717) is 17.0 Å². The highest BCUT2D eigenvalue weighted by atomic mass is 35.5. The lowest BCUT2D eigenvalue weighted by Crippen LogP contribution is -1.85. The smallest absolute Gasteiger partial charge is 0.136 e. The van der Waals surface area contributed by atoms with Crippen molar-refractivity contribution in [3.63, 3.8) is 0 Å². The van der Waals surface area contributed by atoms with Gasteiger partial charge in [0, 0.05) is 0 Å². The number of phenols is 1. The molecule has 0 fully saturated rings. The molecule has 0 aliphatic carbocycles. The molecular weight excluding hydrogens is 230 g/mol. The lowest BCUT2D eigenvalue weighted by molar-refractivity contribution is 0.475. The quantitative estimate of drug-likeness (QED) is 0.607. The SMILES string of the molecule is C=CCc1cc(O)c(Cl)c(Cl)c1Cl. The van der Waals surface area contributed by atoms with Gasteiger partial charge in [-0.2, -0.15) is 0 Å². The molecule has 1 rings (SSSR count). The van der Waals surface area contributed by atoms with Gasteiger partial charge in [-0.3, -0.25) is 0 Å². The minimum atomic E-state index is -0.0621. The van der Waals surface area contributed by atoms with Crippen LogP contribution in [0.1, 0.15) is 5.56 Å². The number of phenolic OH excluding ortho intramolecular Hbond substituents is 1. The van der Waals surface area contributed by atoms with Crippen molar-refractivity contribution >= 4 is 34.8 Å². The number of hydrogen-bond acceptors (Lipinski definition) is 1. The zero-order valence-corrected chi connectivity index (χ0v) is 8.92. The van der Waals surface area contributed by atoms with Gasteiger partial charge in [0.2, 0.25) is 0 Å². The number of halogens is 3. The van der Waals surface area contributed by atoms with Gasteiger partial charge < -0.3 is 5.11 Å². The van der Waals surface area contributed by atoms with E-state index in [0.717, 1.165) is 0 Å². The molecule has 0 saturated carbocycles. The van der Waals surface area contributed by atoms with E-state index >= 15 is 0 Å². The molecule has 1 N–H and O–H groups in total. The van der Waals surface area contributed by atoms with Crippen LogP contribution in [0.3, 0.4) is 0 Å². The summed E-state index contributed by atoms with van der Waals surface area (Å²) in [5.41, 5.74) is 0.712. The van der Waals surface area contributed by atoms with Crippen LogP contribution in [0.15, 0.2) is 18.7 Å². The van der Waals surface area contributed by atoms with Crippen molar-refractivity contribution in [2.24, 2.45) is 0 Å². The van der Waals surface area contributed by atoms with Crippen LogP contribution >= 0.6 is 34.8 Å². The highest BCUT2D eigenvalue weighted by molar-refractivity contribution is 6.48. The molecule has 0 amide bonds. The zero-order valence-electron chi connectivity index (χ0n) is 6.65. The van der Waals surface area contributed by atoms with Crippen LogP contribution in [-0.4, -0.2) is 5.11 Å². The molecule has 0 saturated heterocycles. The van der Waals surface area contributed by atoms with Gasteiger partial charge in [0.25, 0.3) is 0 Å². The summed E-state index contributed by atoms with van der Waals surface area (Å²) < 4.78 is 0. The number of allylic oxidation sites excluding steroid dienone is 1. The Hall–Kier alpha value is -0.370. The molecule has 1 aromatic carbocycles. The van der Waals surface area contributed by atoms with Gasteiger partial charge in [-0.1, -0.05) is 40.9 Å². The van der Waals surface area contributed by atoms with Crippen molar-refractivity contribution in [1.82, 2.24) is 0 Å². The van der Waals surface area contributed by atoms with Crippen LogP contribution in [-0.2, 0) is 6.42 Å². The third-order valence-electron chi connectivity index (χ3n) is 1.57. The van der Waals surface area contributed by atoms with Gasteiger partial charge >= 0.3 is 0 Å². The van der Waals surface area contributed by atoms with E-state index < -0.39 is 0 Å². The maximum Gasteiger partial charge on any atom is 0.136 e. The second kappa shape index (κ2) is 4.23. The van der Waals surface area contributed by atoms with E-state index in [1.807, 2.05) is 0 Å². The van der Waals surface area contributed by atoms with Crippen molar-refractivity contribution in [3.8, 4) is 5.75 Å². The molecule has 70 valence electrons. The molecule has 0 unspecified atom stereocenters. The third-order valence-corrected chi connectivity index (χ3v) is 2.95. The highest BCUT2D eigenvalue weighted by Crippen LogP contribution is 2.39. The molecule has 0 aliphatic heterocycles. The Morgan fingerprint density at radius 1 is 1.23 bits per heavy atom. The standard InChI is InChI=1S/C9H7Cl3O/c1-2-3-5-4-6(13)8(11)9(12)7(5)10/h2,4,13H,1,3H2. The molecule has 1 nitrogen and oxygen atoms in total. The molecule has 0 heterocycles. The lowest BCUT2D eigenvalue weighted by atomic mass is 10.1. The molecule has 0 radical (unpaired) electrons. The minimum Gasteiger partial charge on any atom is -0.506 e. The third kappa shape index (κ3) is 2.11. The van der Waals surface area contributed by atoms with E-state index in [2.05, 4.69) is 6.58 Å². The number of hydrogen-bond donors (Lipinski definition) is 1. The van der Waals surface area contributed by atoms with Crippen LogP contribution in [0.4, 0.5) is 0 Å². The summed E-state index contributed by atoms with van der Waals surface area (Å²) in [7, 11) is 0. The fraction of sp³-hybridized carbons (Fsp3) is 0.111. The van der Waals surface area contributed by atoms with Gasteiger partial charge in [-0.05, 0) is 18.1 Å². The van der Waals surface area contributed by atoms with E-state index in [1.54, 1.807) is 6.08 Å². The Bertz CT molecular complexity index is 347. The fourth-order valence-corrected chi connectivity index (χ4v) is 1.59. The number of benzene rings is 1. The molecule has 0 aliphatic rings. The normalized spacial score (nSPS) is 10.1. The van der Waals surface area contributed by atoms with E-state index in [4.69, 9.17) is 34.8 Å². The average molecular weight is 238 g/mol. The first-order valence-electron chi connectivity index (χ1n) is 3.54. The fourth-order valence-electron chi connectivity index (χ4n) is 0.946. The summed E-state index contributed by atoms with van der Waals surface area (Å²) in [6.45, 7) is 3.56. The summed E-state index contributed by atoms with van der Waals surface area (Å²) in [6.07, 6.45) is 2.22. The molecule has 0 aromatic heterocycles.